The van der Waals surface area contributed by atoms with Crippen LogP contribution in [0.3, 0.4) is 0 Å². The predicted octanol–water partition coefficient (Wildman–Crippen LogP) is 2.07. The number of likely N-dealkylation sites (N-methyl/N-ethyl adjacent to an activating group) is 2. The van der Waals surface area contributed by atoms with Crippen LogP contribution in [0.25, 0.3) is 11.1 Å². The molecular weight excluding hydrogens is 424 g/mol. The molecule has 0 atom stereocenters. The van der Waals surface area contributed by atoms with Crippen molar-refractivity contribution in [2.45, 2.75) is 17.9 Å². The molecule has 1 aliphatic heterocycles. The van der Waals surface area contributed by atoms with E-state index >= 15 is 0 Å². The highest BCUT2D eigenvalue weighted by Gasteiger charge is 2.27. The maximum absolute atomic E-state index is 13.0. The van der Waals surface area contributed by atoms with Gasteiger partial charge in [-0.05, 0) is 49.3 Å². The number of nitrogens with one attached hydrogen (secondary N) is 2. The molecule has 0 unspecified atom stereocenters. The third kappa shape index (κ3) is 6.04. The molecule has 1 amide bonds. The van der Waals surface area contributed by atoms with Gasteiger partial charge in [0.2, 0.25) is 15.9 Å². The molecule has 2 N–H and O–H groups in total. The second kappa shape index (κ2) is 10.9. The van der Waals surface area contributed by atoms with Crippen molar-refractivity contribution < 1.29 is 13.2 Å². The lowest BCUT2D eigenvalue weighted by atomic mass is 10.0. The molecule has 172 valence electrons. The highest BCUT2D eigenvalue weighted by molar-refractivity contribution is 7.89. The molecule has 0 radical (unpaired) electrons. The van der Waals surface area contributed by atoms with Crippen LogP contribution < -0.4 is 10.6 Å². The largest absolute Gasteiger partial charge is 0.355 e. The number of carbonyl (C=O) groups is 1. The molecule has 1 aliphatic rings. The van der Waals surface area contributed by atoms with Gasteiger partial charge in [0.25, 0.3) is 0 Å². The molecule has 0 bridgehead atoms. The Morgan fingerprint density at radius 3 is 2.19 bits per heavy atom. The van der Waals surface area contributed by atoms with Crippen molar-refractivity contribution in [3.8, 4) is 11.1 Å². The van der Waals surface area contributed by atoms with E-state index in [0.29, 0.717) is 18.5 Å². The minimum atomic E-state index is -3.60. The van der Waals surface area contributed by atoms with Crippen LogP contribution >= 0.6 is 0 Å². The Bertz CT molecular complexity index is 1050. The van der Waals surface area contributed by atoms with Gasteiger partial charge in [-0.25, -0.2) is 8.42 Å². The molecule has 2 aromatic carbocycles. The quantitative estimate of drug-likeness (QED) is 0.565. The van der Waals surface area contributed by atoms with E-state index in [9.17, 15) is 13.2 Å². The third-order valence-electron chi connectivity index (χ3n) is 5.53. The van der Waals surface area contributed by atoms with E-state index in [1.807, 2.05) is 12.1 Å². The first-order valence-electron chi connectivity index (χ1n) is 10.8. The topological polar surface area (TPSA) is 81.8 Å². The molecule has 0 saturated carbocycles. The maximum atomic E-state index is 13.0. The summed E-state index contributed by atoms with van der Waals surface area (Å²) in [7, 11) is 2.09. The van der Waals surface area contributed by atoms with E-state index in [1.54, 1.807) is 25.3 Å². The second-order valence-electron chi connectivity index (χ2n) is 8.12. The van der Waals surface area contributed by atoms with Gasteiger partial charge in [-0.1, -0.05) is 42.5 Å². The number of hydrogen-bond acceptors (Lipinski definition) is 5. The molecule has 2 aromatic rings. The van der Waals surface area contributed by atoms with Crippen molar-refractivity contribution in [1.29, 1.82) is 0 Å². The molecule has 0 fully saturated rings. The van der Waals surface area contributed by atoms with Gasteiger partial charge in [0.1, 0.15) is 0 Å². The number of sulfonamides is 1. The second-order valence-corrected chi connectivity index (χ2v) is 10.1. The highest BCUT2D eigenvalue weighted by atomic mass is 32.2. The first-order valence-corrected chi connectivity index (χ1v) is 12.2. The SMILES string of the molecule is CNC(=O)C1=CCN(S(=O)(=O)c2ccc(-c3ccc(CNCCN(C)C)cc3)cc2)CC1. The summed E-state index contributed by atoms with van der Waals surface area (Å²) in [5.74, 6) is -0.151. The van der Waals surface area contributed by atoms with Crippen molar-refractivity contribution in [2.75, 3.05) is 47.3 Å². The van der Waals surface area contributed by atoms with Crippen LogP contribution in [0.4, 0.5) is 0 Å². The van der Waals surface area contributed by atoms with Gasteiger partial charge in [0, 0.05) is 45.3 Å². The van der Waals surface area contributed by atoms with Gasteiger partial charge in [-0.15, -0.1) is 0 Å². The Morgan fingerprint density at radius 2 is 1.66 bits per heavy atom. The summed E-state index contributed by atoms with van der Waals surface area (Å²) in [5.41, 5.74) is 3.85. The molecule has 32 heavy (non-hydrogen) atoms. The average molecular weight is 457 g/mol. The lowest BCUT2D eigenvalue weighted by Crippen LogP contribution is -2.37. The minimum Gasteiger partial charge on any atom is -0.355 e. The summed E-state index contributed by atoms with van der Waals surface area (Å²) in [4.78, 5) is 14.1. The average Bonchev–Trinajstić information content (AvgIpc) is 2.82. The number of amides is 1. The van der Waals surface area contributed by atoms with Gasteiger partial charge in [-0.3, -0.25) is 4.79 Å². The van der Waals surface area contributed by atoms with Crippen molar-refractivity contribution in [1.82, 2.24) is 19.8 Å². The molecule has 0 spiro atoms. The fourth-order valence-corrected chi connectivity index (χ4v) is 4.94. The monoisotopic (exact) mass is 456 g/mol. The molecule has 0 aliphatic carbocycles. The standard InChI is InChI=1S/C24H32N4O3S/c1-25-24(29)22-12-15-28(16-13-22)32(30,31)23-10-8-21(9-11-23)20-6-4-19(5-7-20)18-26-14-17-27(2)3/h4-12,26H,13-18H2,1-3H3,(H,25,29). The lowest BCUT2D eigenvalue weighted by Gasteiger charge is -2.25. The Hall–Kier alpha value is -2.52. The van der Waals surface area contributed by atoms with Crippen LogP contribution in [0.5, 0.6) is 0 Å². The zero-order valence-corrected chi connectivity index (χ0v) is 19.8. The first-order chi connectivity index (χ1) is 15.3. The molecule has 0 saturated heterocycles. The Morgan fingerprint density at radius 1 is 1.03 bits per heavy atom. The van der Waals surface area contributed by atoms with Gasteiger partial charge in [-0.2, -0.15) is 4.31 Å². The summed E-state index contributed by atoms with van der Waals surface area (Å²) in [6.45, 7) is 3.25. The van der Waals surface area contributed by atoms with E-state index in [-0.39, 0.29) is 17.3 Å². The van der Waals surface area contributed by atoms with Crippen molar-refractivity contribution in [2.24, 2.45) is 0 Å². The summed E-state index contributed by atoms with van der Waals surface area (Å²) in [5, 5.41) is 6.00. The van der Waals surface area contributed by atoms with Crippen LogP contribution in [-0.2, 0) is 21.4 Å². The third-order valence-corrected chi connectivity index (χ3v) is 7.41. The zero-order valence-electron chi connectivity index (χ0n) is 19.0. The summed E-state index contributed by atoms with van der Waals surface area (Å²) in [6, 6.07) is 15.3. The smallest absolute Gasteiger partial charge is 0.246 e. The fraction of sp³-hybridized carbons (Fsp3) is 0.375. The summed E-state index contributed by atoms with van der Waals surface area (Å²) < 4.78 is 27.4. The van der Waals surface area contributed by atoms with Gasteiger partial charge in [0.15, 0.2) is 0 Å². The van der Waals surface area contributed by atoms with Crippen molar-refractivity contribution in [3.63, 3.8) is 0 Å². The molecule has 7 nitrogen and oxygen atoms in total. The minimum absolute atomic E-state index is 0.151. The molecule has 3 rings (SSSR count). The molecular formula is C24H32N4O3S. The predicted molar refractivity (Wildman–Crippen MR) is 128 cm³/mol. The maximum Gasteiger partial charge on any atom is 0.246 e. The van der Waals surface area contributed by atoms with Crippen molar-refractivity contribution >= 4 is 15.9 Å². The normalized spacial score (nSPS) is 14.9. The molecule has 0 aromatic heterocycles. The van der Waals surface area contributed by atoms with Gasteiger partial charge < -0.3 is 15.5 Å². The Kier molecular flexibility index (Phi) is 8.20. The van der Waals surface area contributed by atoms with Crippen LogP contribution in [0.15, 0.2) is 65.1 Å². The van der Waals surface area contributed by atoms with Crippen molar-refractivity contribution in [3.05, 3.63) is 65.7 Å². The van der Waals surface area contributed by atoms with Crippen LogP contribution in [0.1, 0.15) is 12.0 Å². The number of hydrogen-bond donors (Lipinski definition) is 2. The first kappa shape index (κ1) is 24.1. The molecule has 1 heterocycles. The Labute approximate surface area is 191 Å². The van der Waals surface area contributed by atoms with E-state index in [0.717, 1.165) is 30.8 Å². The van der Waals surface area contributed by atoms with E-state index < -0.39 is 10.0 Å². The van der Waals surface area contributed by atoms with Crippen LogP contribution in [-0.4, -0.2) is 70.9 Å². The van der Waals surface area contributed by atoms with Gasteiger partial charge >= 0.3 is 0 Å². The fourth-order valence-electron chi connectivity index (χ4n) is 3.55. The van der Waals surface area contributed by atoms with E-state index in [2.05, 4.69) is 53.9 Å². The lowest BCUT2D eigenvalue weighted by molar-refractivity contribution is -0.117. The number of nitrogens with zero attached hydrogens (tertiary/aromatic N) is 2. The summed E-state index contributed by atoms with van der Waals surface area (Å²) in [6.07, 6.45) is 2.10. The number of benzene rings is 2. The molecule has 8 heteroatoms. The van der Waals surface area contributed by atoms with Crippen LogP contribution in [0, 0.1) is 0 Å². The van der Waals surface area contributed by atoms with E-state index in [4.69, 9.17) is 0 Å². The zero-order chi connectivity index (χ0) is 23.1. The Balaban J connectivity index is 1.63. The number of rotatable bonds is 9. The highest BCUT2D eigenvalue weighted by Crippen LogP contribution is 2.25. The summed E-state index contributed by atoms with van der Waals surface area (Å²) >= 11 is 0. The van der Waals surface area contributed by atoms with E-state index in [1.165, 1.54) is 9.87 Å². The van der Waals surface area contributed by atoms with Crippen LogP contribution in [0.2, 0.25) is 0 Å². The van der Waals surface area contributed by atoms with Gasteiger partial charge in [0.05, 0.1) is 4.90 Å². The number of carbonyl (C=O) groups excluding carboxylic acids is 1.